The van der Waals surface area contributed by atoms with Gasteiger partial charge in [0.15, 0.2) is 0 Å². The zero-order valence-corrected chi connectivity index (χ0v) is 17.0. The van der Waals surface area contributed by atoms with Crippen molar-refractivity contribution in [3.05, 3.63) is 81.0 Å². The molecule has 0 aliphatic carbocycles. The molecule has 2 heterocycles. The predicted molar refractivity (Wildman–Crippen MR) is 109 cm³/mol. The monoisotopic (exact) mass is 410 g/mol. The van der Waals surface area contributed by atoms with E-state index in [-0.39, 0.29) is 5.69 Å². The van der Waals surface area contributed by atoms with Crippen LogP contribution >= 0.6 is 11.6 Å². The molecule has 148 valence electrons. The third-order valence-electron chi connectivity index (χ3n) is 4.68. The lowest BCUT2D eigenvalue weighted by Crippen LogP contribution is -2.23. The van der Waals surface area contributed by atoms with Crippen LogP contribution in [0.3, 0.4) is 0 Å². The van der Waals surface area contributed by atoms with Gasteiger partial charge in [-0.25, -0.2) is 9.48 Å². The van der Waals surface area contributed by atoms with E-state index in [2.05, 4.69) is 15.5 Å². The molecule has 0 saturated heterocycles. The maximum absolute atomic E-state index is 12.3. The maximum Gasteiger partial charge on any atom is 0.368 e. The lowest BCUT2D eigenvalue weighted by atomic mass is 10.1. The van der Waals surface area contributed by atoms with Gasteiger partial charge in [-0.2, -0.15) is 14.5 Å². The molecular weight excluding hydrogens is 392 g/mol. The summed E-state index contributed by atoms with van der Waals surface area (Å²) in [7, 11) is 1.56. The predicted octanol–water partition coefficient (Wildman–Crippen LogP) is 3.00. The van der Waals surface area contributed by atoms with Gasteiger partial charge in [-0.3, -0.25) is 0 Å². The standard InChI is InChI=1S/C20H19ClN6O2/c1-13-5-4-6-18(27-20(28)25(3)23-24-27)17(13)12-29-19-8-7-16(9-14(19)2)26-11-15(21)10-22-26/h4-11H,12H2,1-3H3. The summed E-state index contributed by atoms with van der Waals surface area (Å²) in [5.41, 5.74) is 4.07. The fourth-order valence-corrected chi connectivity index (χ4v) is 3.20. The molecule has 2 aromatic heterocycles. The molecule has 0 unspecified atom stereocenters. The molecule has 0 N–H and O–H groups in total. The van der Waals surface area contributed by atoms with E-state index in [4.69, 9.17) is 16.3 Å². The molecule has 4 rings (SSSR count). The second-order valence-corrected chi connectivity index (χ2v) is 7.15. The van der Waals surface area contributed by atoms with Gasteiger partial charge in [-0.1, -0.05) is 23.7 Å². The van der Waals surface area contributed by atoms with Gasteiger partial charge in [0.1, 0.15) is 12.4 Å². The maximum atomic E-state index is 12.3. The van der Waals surface area contributed by atoms with E-state index in [1.165, 1.54) is 9.36 Å². The Morgan fingerprint density at radius 1 is 1.10 bits per heavy atom. The first kappa shape index (κ1) is 18.9. The van der Waals surface area contributed by atoms with E-state index >= 15 is 0 Å². The average Bonchev–Trinajstić information content (AvgIpc) is 3.27. The van der Waals surface area contributed by atoms with Crippen LogP contribution in [0.25, 0.3) is 11.4 Å². The van der Waals surface area contributed by atoms with Gasteiger partial charge in [0.2, 0.25) is 0 Å². The Kier molecular flexibility index (Phi) is 4.94. The van der Waals surface area contributed by atoms with Crippen LogP contribution in [0.15, 0.2) is 53.6 Å². The van der Waals surface area contributed by atoms with Crippen LogP contribution in [-0.2, 0) is 13.7 Å². The summed E-state index contributed by atoms with van der Waals surface area (Å²) in [6, 6.07) is 11.5. The average molecular weight is 411 g/mol. The molecule has 0 spiro atoms. The highest BCUT2D eigenvalue weighted by atomic mass is 35.5. The van der Waals surface area contributed by atoms with Gasteiger partial charge < -0.3 is 4.74 Å². The number of tetrazole rings is 1. The van der Waals surface area contributed by atoms with Gasteiger partial charge in [0.05, 0.1) is 22.6 Å². The van der Waals surface area contributed by atoms with Crippen molar-refractivity contribution >= 4 is 11.6 Å². The Balaban J connectivity index is 1.61. The van der Waals surface area contributed by atoms with E-state index in [1.54, 1.807) is 24.1 Å². The first-order chi connectivity index (χ1) is 13.9. The molecule has 8 nitrogen and oxygen atoms in total. The van der Waals surface area contributed by atoms with Gasteiger partial charge in [-0.15, -0.1) is 0 Å². The fourth-order valence-electron chi connectivity index (χ4n) is 3.07. The van der Waals surface area contributed by atoms with Crippen LogP contribution in [0.5, 0.6) is 5.75 Å². The van der Waals surface area contributed by atoms with E-state index in [1.807, 2.05) is 50.2 Å². The highest BCUT2D eigenvalue weighted by Crippen LogP contribution is 2.25. The summed E-state index contributed by atoms with van der Waals surface area (Å²) in [6.45, 7) is 4.23. The van der Waals surface area contributed by atoms with Crippen LogP contribution in [0, 0.1) is 13.8 Å². The lowest BCUT2D eigenvalue weighted by Gasteiger charge is -2.15. The van der Waals surface area contributed by atoms with Crippen LogP contribution in [0.1, 0.15) is 16.7 Å². The Morgan fingerprint density at radius 3 is 2.59 bits per heavy atom. The number of hydrogen-bond acceptors (Lipinski definition) is 5. The zero-order chi connectivity index (χ0) is 20.5. The first-order valence-corrected chi connectivity index (χ1v) is 9.33. The molecule has 4 aromatic rings. The smallest absolute Gasteiger partial charge is 0.368 e. The van der Waals surface area contributed by atoms with Crippen molar-refractivity contribution in [2.45, 2.75) is 20.5 Å². The highest BCUT2D eigenvalue weighted by Gasteiger charge is 2.14. The second kappa shape index (κ2) is 7.56. The summed E-state index contributed by atoms with van der Waals surface area (Å²) in [5.74, 6) is 0.743. The summed E-state index contributed by atoms with van der Waals surface area (Å²) >= 11 is 5.95. The number of aromatic nitrogens is 6. The number of benzene rings is 2. The molecule has 2 aromatic carbocycles. The van der Waals surface area contributed by atoms with Crippen molar-refractivity contribution in [3.63, 3.8) is 0 Å². The van der Waals surface area contributed by atoms with Crippen molar-refractivity contribution in [2.24, 2.45) is 7.05 Å². The van der Waals surface area contributed by atoms with Crippen molar-refractivity contribution < 1.29 is 4.74 Å². The zero-order valence-electron chi connectivity index (χ0n) is 16.2. The van der Waals surface area contributed by atoms with Gasteiger partial charge in [0.25, 0.3) is 0 Å². The molecule has 9 heteroatoms. The molecule has 0 saturated carbocycles. The first-order valence-electron chi connectivity index (χ1n) is 8.96. The molecule has 0 aliphatic rings. The summed E-state index contributed by atoms with van der Waals surface area (Å²) in [6.07, 6.45) is 3.34. The number of hydrogen-bond donors (Lipinski definition) is 0. The third kappa shape index (κ3) is 3.66. The number of ether oxygens (including phenoxy) is 1. The quantitative estimate of drug-likeness (QED) is 0.505. The van der Waals surface area contributed by atoms with Crippen LogP contribution in [-0.4, -0.2) is 29.6 Å². The number of halogens is 1. The molecule has 0 fully saturated rings. The lowest BCUT2D eigenvalue weighted by molar-refractivity contribution is 0.302. The van der Waals surface area contributed by atoms with E-state index in [9.17, 15) is 4.79 Å². The number of rotatable bonds is 5. The minimum absolute atomic E-state index is 0.290. The highest BCUT2D eigenvalue weighted by molar-refractivity contribution is 6.30. The molecule has 29 heavy (non-hydrogen) atoms. The number of nitrogens with zero attached hydrogens (tertiary/aromatic N) is 6. The molecule has 0 radical (unpaired) electrons. The molecule has 0 bridgehead atoms. The normalized spacial score (nSPS) is 11.0. The summed E-state index contributed by atoms with van der Waals surface area (Å²) in [5, 5.41) is 12.5. The molecule has 0 atom stereocenters. The minimum atomic E-state index is -0.310. The summed E-state index contributed by atoms with van der Waals surface area (Å²) < 4.78 is 10.3. The van der Waals surface area contributed by atoms with Gasteiger partial charge in [-0.05, 0) is 59.7 Å². The largest absolute Gasteiger partial charge is 0.489 e. The molecule has 0 aliphatic heterocycles. The van der Waals surface area contributed by atoms with Crippen molar-refractivity contribution in [3.8, 4) is 17.1 Å². The van der Waals surface area contributed by atoms with Crippen molar-refractivity contribution in [1.29, 1.82) is 0 Å². The van der Waals surface area contributed by atoms with Crippen molar-refractivity contribution in [2.75, 3.05) is 0 Å². The fraction of sp³-hybridized carbons (Fsp3) is 0.200. The van der Waals surface area contributed by atoms with E-state index < -0.39 is 0 Å². The van der Waals surface area contributed by atoms with E-state index in [0.29, 0.717) is 17.3 Å². The Bertz CT molecular complexity index is 1240. The van der Waals surface area contributed by atoms with E-state index in [0.717, 1.165) is 28.1 Å². The van der Waals surface area contributed by atoms with Gasteiger partial charge in [0, 0.05) is 18.8 Å². The molecule has 0 amide bonds. The second-order valence-electron chi connectivity index (χ2n) is 6.71. The van der Waals surface area contributed by atoms with Crippen LogP contribution in [0.4, 0.5) is 0 Å². The number of aryl methyl sites for hydroxylation is 3. The Morgan fingerprint density at radius 2 is 1.93 bits per heavy atom. The van der Waals surface area contributed by atoms with Crippen molar-refractivity contribution in [1.82, 2.24) is 29.6 Å². The van der Waals surface area contributed by atoms with Crippen LogP contribution < -0.4 is 10.4 Å². The van der Waals surface area contributed by atoms with Crippen LogP contribution in [0.2, 0.25) is 5.02 Å². The summed E-state index contributed by atoms with van der Waals surface area (Å²) in [4.78, 5) is 12.3. The Labute approximate surface area is 171 Å². The topological polar surface area (TPSA) is 79.8 Å². The minimum Gasteiger partial charge on any atom is -0.489 e. The van der Waals surface area contributed by atoms with Gasteiger partial charge >= 0.3 is 5.69 Å². The third-order valence-corrected chi connectivity index (χ3v) is 4.88. The Hall–Kier alpha value is -3.39. The SMILES string of the molecule is Cc1cc(-n2cc(Cl)cn2)ccc1OCc1c(C)cccc1-n1nnn(C)c1=O. The molecular formula is C20H19ClN6O2.